The molecule has 3 heteroatoms. The van der Waals surface area contributed by atoms with E-state index in [0.717, 1.165) is 0 Å². The molecule has 0 bridgehead atoms. The van der Waals surface area contributed by atoms with Gasteiger partial charge in [0.1, 0.15) is 0 Å². The number of carboxylic acid groups (broad SMARTS) is 1. The topological polar surface area (TPSA) is 37.3 Å². The number of rotatable bonds is 5. The molecule has 0 aromatic carbocycles. The Bertz CT molecular complexity index is 201. The van der Waals surface area contributed by atoms with Crippen molar-refractivity contribution in [3.05, 3.63) is 0 Å². The van der Waals surface area contributed by atoms with E-state index in [1.165, 1.54) is 0 Å². The van der Waals surface area contributed by atoms with Crippen molar-refractivity contribution in [3.63, 3.8) is 0 Å². The second-order valence-corrected chi connectivity index (χ2v) is 3.26. The molecule has 0 radical (unpaired) electrons. The number of carboxylic acids is 1. The number of aliphatic carboxylic acids is 1. The van der Waals surface area contributed by atoms with Gasteiger partial charge in [0.2, 0.25) is 0 Å². The molecule has 0 aliphatic heterocycles. The third-order valence-electron chi connectivity index (χ3n) is 1.36. The monoisotopic (exact) mass is 163 g/mol. The number of hydrogen-bond acceptors (Lipinski definition) is 1. The number of carbonyl (C=O) groups is 1. The molecule has 1 N–H and O–H groups in total. The van der Waals surface area contributed by atoms with Gasteiger partial charge in [0.15, 0.2) is 0 Å². The Morgan fingerprint density at radius 3 is 2.64 bits per heavy atom. The van der Waals surface area contributed by atoms with E-state index >= 15 is 0 Å². The smallest absolute Gasteiger partial charge is 0.303 e. The zero-order valence-electron chi connectivity index (χ0n) is 10.1. The Labute approximate surface area is 72.4 Å². The van der Waals surface area contributed by atoms with Crippen LogP contribution < -0.4 is 0 Å². The fourth-order valence-electron chi connectivity index (χ4n) is 0.783. The molecule has 0 aromatic heterocycles. The minimum absolute atomic E-state index is 0.0629. The Balaban J connectivity index is 3.83. The first-order valence-electron chi connectivity index (χ1n) is 5.22. The van der Waals surface area contributed by atoms with Gasteiger partial charge in [0.05, 0.1) is 31.7 Å². The molecule has 0 atom stereocenters. The van der Waals surface area contributed by atoms with Crippen molar-refractivity contribution < 1.29 is 18.5 Å². The Kier molecular flexibility index (Phi) is 2.37. The SMILES string of the molecule is [2H]C([2H])([2H])[N+](C)(C)CCCCC(=O)O. The zero-order valence-corrected chi connectivity index (χ0v) is 7.13. The molecule has 0 saturated carbocycles. The fourth-order valence-corrected chi connectivity index (χ4v) is 0.783. The van der Waals surface area contributed by atoms with Crippen LogP contribution in [0.15, 0.2) is 0 Å². The van der Waals surface area contributed by atoms with Crippen LogP contribution in [0.2, 0.25) is 0 Å². The van der Waals surface area contributed by atoms with Crippen LogP contribution in [-0.4, -0.2) is 43.2 Å². The molecule has 3 nitrogen and oxygen atoms in total. The summed E-state index contributed by atoms with van der Waals surface area (Å²) in [5.74, 6) is -0.829. The molecular weight excluding hydrogens is 142 g/mol. The van der Waals surface area contributed by atoms with E-state index < -0.39 is 12.9 Å². The molecule has 0 aliphatic carbocycles. The van der Waals surface area contributed by atoms with E-state index in [1.54, 1.807) is 14.1 Å². The maximum Gasteiger partial charge on any atom is 0.303 e. The highest BCUT2D eigenvalue weighted by atomic mass is 16.4. The third-order valence-corrected chi connectivity index (χ3v) is 1.36. The maximum atomic E-state index is 10.2. The molecule has 0 fully saturated rings. The molecule has 0 saturated heterocycles. The predicted molar refractivity (Wildman–Crippen MR) is 44.4 cm³/mol. The summed E-state index contributed by atoms with van der Waals surface area (Å²) in [5, 5.41) is 8.39. The van der Waals surface area contributed by atoms with Crippen LogP contribution in [0.3, 0.4) is 0 Å². The Morgan fingerprint density at radius 1 is 1.55 bits per heavy atom. The molecule has 11 heavy (non-hydrogen) atoms. The van der Waals surface area contributed by atoms with Crippen molar-refractivity contribution in [1.29, 1.82) is 0 Å². The van der Waals surface area contributed by atoms with E-state index in [4.69, 9.17) is 9.22 Å². The summed E-state index contributed by atoms with van der Waals surface area (Å²) in [4.78, 5) is 10.2. The number of nitrogens with zero attached hydrogens (tertiary/aromatic N) is 1. The summed E-state index contributed by atoms with van der Waals surface area (Å²) in [7, 11) is 3.27. The fraction of sp³-hybridized carbons (Fsp3) is 0.875. The van der Waals surface area contributed by atoms with E-state index in [1.807, 2.05) is 0 Å². The third kappa shape index (κ3) is 9.43. The normalized spacial score (nSPS) is 16.7. The van der Waals surface area contributed by atoms with Crippen LogP contribution in [-0.2, 0) is 4.79 Å². The van der Waals surface area contributed by atoms with Crippen molar-refractivity contribution in [2.45, 2.75) is 19.3 Å². The van der Waals surface area contributed by atoms with E-state index in [9.17, 15) is 4.79 Å². The first-order valence-corrected chi connectivity index (χ1v) is 3.72. The Morgan fingerprint density at radius 2 is 2.18 bits per heavy atom. The average Bonchev–Trinajstić information content (AvgIpc) is 1.95. The van der Waals surface area contributed by atoms with Crippen LogP contribution in [0.1, 0.15) is 23.4 Å². The van der Waals surface area contributed by atoms with Crippen LogP contribution in [0.4, 0.5) is 0 Å². The Hall–Kier alpha value is -0.570. The van der Waals surface area contributed by atoms with Crippen molar-refractivity contribution in [1.82, 2.24) is 0 Å². The highest BCUT2D eigenvalue weighted by Gasteiger charge is 2.06. The summed E-state index contributed by atoms with van der Waals surface area (Å²) in [6.45, 7) is -1.55. The highest BCUT2D eigenvalue weighted by Crippen LogP contribution is 1.99. The number of unbranched alkanes of at least 4 members (excludes halogenated alkanes) is 1. The quantitative estimate of drug-likeness (QED) is 0.484. The van der Waals surface area contributed by atoms with Crippen LogP contribution in [0, 0.1) is 0 Å². The zero-order chi connectivity index (χ0) is 11.4. The largest absolute Gasteiger partial charge is 0.481 e. The summed E-state index contributed by atoms with van der Waals surface area (Å²) < 4.78 is 21.7. The van der Waals surface area contributed by atoms with Crippen LogP contribution >= 0.6 is 0 Å². The number of quaternary nitrogens is 1. The van der Waals surface area contributed by atoms with Crippen molar-refractivity contribution in [2.75, 3.05) is 27.6 Å². The van der Waals surface area contributed by atoms with Gasteiger partial charge in [-0.25, -0.2) is 0 Å². The van der Waals surface area contributed by atoms with Gasteiger partial charge >= 0.3 is 5.97 Å². The molecule has 0 aliphatic rings. The second-order valence-electron chi connectivity index (χ2n) is 3.26. The minimum Gasteiger partial charge on any atom is -0.481 e. The van der Waals surface area contributed by atoms with E-state index in [0.29, 0.717) is 19.4 Å². The van der Waals surface area contributed by atoms with Gasteiger partial charge in [-0.2, -0.15) is 0 Å². The predicted octanol–water partition coefficient (Wildman–Crippen LogP) is 0.948. The molecule has 0 rings (SSSR count). The summed E-state index contributed by atoms with van der Waals surface area (Å²) in [6.07, 6.45) is 1.27. The van der Waals surface area contributed by atoms with Crippen LogP contribution in [0.5, 0.6) is 0 Å². The van der Waals surface area contributed by atoms with Gasteiger partial charge in [-0.15, -0.1) is 0 Å². The van der Waals surface area contributed by atoms with Gasteiger partial charge in [-0.3, -0.25) is 4.79 Å². The van der Waals surface area contributed by atoms with E-state index in [2.05, 4.69) is 0 Å². The molecule has 0 aromatic rings. The van der Waals surface area contributed by atoms with Gasteiger partial charge in [-0.05, 0) is 12.8 Å². The molecule has 66 valence electrons. The highest BCUT2D eigenvalue weighted by molar-refractivity contribution is 5.66. The molecule has 0 amide bonds. The van der Waals surface area contributed by atoms with Crippen molar-refractivity contribution >= 4 is 5.97 Å². The van der Waals surface area contributed by atoms with E-state index in [-0.39, 0.29) is 10.9 Å². The summed E-state index contributed by atoms with van der Waals surface area (Å²) in [6, 6.07) is 0. The maximum absolute atomic E-state index is 10.2. The van der Waals surface area contributed by atoms with Gasteiger partial charge in [-0.1, -0.05) is 0 Å². The lowest BCUT2D eigenvalue weighted by Crippen LogP contribution is -2.35. The second kappa shape index (κ2) is 4.34. The molecule has 0 heterocycles. The van der Waals surface area contributed by atoms with Gasteiger partial charge in [0.25, 0.3) is 0 Å². The first-order chi connectivity index (χ1) is 6.17. The molecule has 0 spiro atoms. The average molecular weight is 163 g/mol. The number of hydrogen-bond donors (Lipinski definition) is 1. The lowest BCUT2D eigenvalue weighted by molar-refractivity contribution is -0.870. The first kappa shape index (κ1) is 6.00. The van der Waals surface area contributed by atoms with Gasteiger partial charge in [0, 0.05) is 6.42 Å². The minimum atomic E-state index is -2.02. The van der Waals surface area contributed by atoms with Crippen molar-refractivity contribution in [2.24, 2.45) is 0 Å². The lowest BCUT2D eigenvalue weighted by Gasteiger charge is -2.23. The summed E-state index contributed by atoms with van der Waals surface area (Å²) in [5.41, 5.74) is 0. The molecule has 0 unspecified atom stereocenters. The van der Waals surface area contributed by atoms with Crippen LogP contribution in [0.25, 0.3) is 0 Å². The molecular formula is C8H18NO2+. The lowest BCUT2D eigenvalue weighted by atomic mass is 10.2. The van der Waals surface area contributed by atoms with Crippen molar-refractivity contribution in [3.8, 4) is 0 Å². The standard InChI is InChI=1S/C8H17NO2/c1-9(2,3)7-5-4-6-8(10)11/h4-7H2,1-3H3/p+1/i1D3. The van der Waals surface area contributed by atoms with Gasteiger partial charge < -0.3 is 9.59 Å². The summed E-state index contributed by atoms with van der Waals surface area (Å²) >= 11 is 0.